The SMILES string of the molecule is Cc1[nH]c(=O)c(C#N)c(C)c1CCC(=O)N1CCN(S(=O)(=O)c2ccc(C(F)(F)F)cc2)CC1. The van der Waals surface area contributed by atoms with Crippen LogP contribution in [0.3, 0.4) is 0 Å². The van der Waals surface area contributed by atoms with Crippen LogP contribution < -0.4 is 5.56 Å². The molecule has 1 amide bonds. The Balaban J connectivity index is 1.62. The summed E-state index contributed by atoms with van der Waals surface area (Å²) in [6, 6.07) is 5.18. The molecule has 1 fully saturated rings. The number of nitriles is 1. The highest BCUT2D eigenvalue weighted by molar-refractivity contribution is 7.89. The van der Waals surface area contributed by atoms with Crippen LogP contribution >= 0.6 is 0 Å². The van der Waals surface area contributed by atoms with Crippen molar-refractivity contribution in [1.29, 1.82) is 5.26 Å². The van der Waals surface area contributed by atoms with Crippen LogP contribution in [0.2, 0.25) is 0 Å². The Morgan fingerprint density at radius 2 is 1.71 bits per heavy atom. The van der Waals surface area contributed by atoms with Crippen molar-refractivity contribution in [3.8, 4) is 6.07 Å². The largest absolute Gasteiger partial charge is 0.416 e. The average Bonchev–Trinajstić information content (AvgIpc) is 2.78. The molecule has 2 aromatic rings. The number of pyridine rings is 1. The predicted molar refractivity (Wildman–Crippen MR) is 116 cm³/mol. The van der Waals surface area contributed by atoms with Crippen molar-refractivity contribution in [2.24, 2.45) is 0 Å². The van der Waals surface area contributed by atoms with E-state index >= 15 is 0 Å². The van der Waals surface area contributed by atoms with Gasteiger partial charge in [-0.25, -0.2) is 8.42 Å². The molecule has 0 saturated carbocycles. The van der Waals surface area contributed by atoms with E-state index in [1.807, 2.05) is 6.07 Å². The first-order valence-corrected chi connectivity index (χ1v) is 11.9. The van der Waals surface area contributed by atoms with Gasteiger partial charge < -0.3 is 9.88 Å². The highest BCUT2D eigenvalue weighted by Crippen LogP contribution is 2.30. The van der Waals surface area contributed by atoms with E-state index in [2.05, 4.69) is 4.98 Å². The van der Waals surface area contributed by atoms with Gasteiger partial charge in [0, 0.05) is 38.3 Å². The van der Waals surface area contributed by atoms with E-state index in [-0.39, 0.29) is 49.0 Å². The van der Waals surface area contributed by atoms with Crippen molar-refractivity contribution >= 4 is 15.9 Å². The summed E-state index contributed by atoms with van der Waals surface area (Å²) < 4.78 is 64.9. The molecule has 1 saturated heterocycles. The number of sulfonamides is 1. The number of amides is 1. The van der Waals surface area contributed by atoms with Gasteiger partial charge in [0.05, 0.1) is 10.5 Å². The number of H-pyrrole nitrogens is 1. The third-order valence-corrected chi connectivity index (χ3v) is 7.83. The van der Waals surface area contributed by atoms with Crippen LogP contribution in [0, 0.1) is 25.2 Å². The Morgan fingerprint density at radius 1 is 1.12 bits per heavy atom. The van der Waals surface area contributed by atoms with Crippen molar-refractivity contribution < 1.29 is 26.4 Å². The standard InChI is InChI=1S/C22H23F3N4O4S/c1-14-18(15(2)27-21(31)19(14)13-26)7-8-20(30)28-9-11-29(12-10-28)34(32,33)17-5-3-16(4-6-17)22(23,24)25/h3-6H,7-12H2,1-2H3,(H,27,31). The smallest absolute Gasteiger partial charge is 0.340 e. The Hall–Kier alpha value is -3.17. The van der Waals surface area contributed by atoms with E-state index in [0.29, 0.717) is 23.2 Å². The van der Waals surface area contributed by atoms with Gasteiger partial charge in [0.1, 0.15) is 11.6 Å². The topological polar surface area (TPSA) is 114 Å². The second-order valence-corrected chi connectivity index (χ2v) is 9.91. The number of halogens is 3. The van der Waals surface area contributed by atoms with Gasteiger partial charge in [-0.15, -0.1) is 0 Å². The van der Waals surface area contributed by atoms with Gasteiger partial charge in [-0.2, -0.15) is 22.7 Å². The summed E-state index contributed by atoms with van der Waals surface area (Å²) in [5.74, 6) is -0.199. The van der Waals surface area contributed by atoms with Crippen LogP contribution in [-0.2, 0) is 27.4 Å². The van der Waals surface area contributed by atoms with E-state index < -0.39 is 27.3 Å². The molecule has 1 N–H and O–H groups in total. The third kappa shape index (κ3) is 5.15. The first-order chi connectivity index (χ1) is 15.9. The Morgan fingerprint density at radius 3 is 2.24 bits per heavy atom. The lowest BCUT2D eigenvalue weighted by atomic mass is 9.99. The molecule has 0 atom stereocenters. The summed E-state index contributed by atoms with van der Waals surface area (Å²) in [5.41, 5.74) is 0.434. The van der Waals surface area contributed by atoms with E-state index in [0.717, 1.165) is 28.6 Å². The number of benzene rings is 1. The second-order valence-electron chi connectivity index (χ2n) is 7.98. The summed E-state index contributed by atoms with van der Waals surface area (Å²) in [6.07, 6.45) is -4.13. The molecular weight excluding hydrogens is 473 g/mol. The predicted octanol–water partition coefficient (Wildman–Crippen LogP) is 2.35. The number of rotatable bonds is 5. The number of aromatic nitrogens is 1. The van der Waals surface area contributed by atoms with Gasteiger partial charge in [-0.3, -0.25) is 9.59 Å². The fraction of sp³-hybridized carbons (Fsp3) is 0.409. The van der Waals surface area contributed by atoms with Gasteiger partial charge in [0.2, 0.25) is 15.9 Å². The summed E-state index contributed by atoms with van der Waals surface area (Å²) in [7, 11) is -3.99. The zero-order valence-electron chi connectivity index (χ0n) is 18.6. The summed E-state index contributed by atoms with van der Waals surface area (Å²) >= 11 is 0. The molecule has 8 nitrogen and oxygen atoms in total. The summed E-state index contributed by atoms with van der Waals surface area (Å²) in [4.78, 5) is 28.4. The summed E-state index contributed by atoms with van der Waals surface area (Å²) in [6.45, 7) is 3.68. The fourth-order valence-corrected chi connectivity index (χ4v) is 5.38. The Labute approximate surface area is 194 Å². The number of hydrogen-bond donors (Lipinski definition) is 1. The number of alkyl halides is 3. The molecule has 0 radical (unpaired) electrons. The highest BCUT2D eigenvalue weighted by atomic mass is 32.2. The minimum Gasteiger partial charge on any atom is -0.340 e. The number of aryl methyl sites for hydroxylation is 1. The van der Waals surface area contributed by atoms with Gasteiger partial charge >= 0.3 is 6.18 Å². The third-order valence-electron chi connectivity index (χ3n) is 5.92. The van der Waals surface area contributed by atoms with Crippen molar-refractivity contribution in [2.75, 3.05) is 26.2 Å². The van der Waals surface area contributed by atoms with Gasteiger partial charge in [-0.05, 0) is 55.7 Å². The molecule has 1 aliphatic heterocycles. The van der Waals surface area contributed by atoms with E-state index in [1.54, 1.807) is 13.8 Å². The molecule has 0 unspecified atom stereocenters. The Kier molecular flexibility index (Phi) is 7.18. The fourth-order valence-electron chi connectivity index (χ4n) is 3.95. The number of carbonyl (C=O) groups is 1. The lowest BCUT2D eigenvalue weighted by Crippen LogP contribution is -2.50. The van der Waals surface area contributed by atoms with Crippen LogP contribution in [0.1, 0.15) is 34.4 Å². The molecule has 3 rings (SSSR count). The van der Waals surface area contributed by atoms with Gasteiger partial charge in [0.15, 0.2) is 0 Å². The van der Waals surface area contributed by atoms with E-state index in [4.69, 9.17) is 5.26 Å². The number of piperazine rings is 1. The maximum Gasteiger partial charge on any atom is 0.416 e. The second kappa shape index (κ2) is 9.60. The van der Waals surface area contributed by atoms with Crippen molar-refractivity contribution in [3.63, 3.8) is 0 Å². The van der Waals surface area contributed by atoms with Crippen LogP contribution in [0.4, 0.5) is 13.2 Å². The van der Waals surface area contributed by atoms with Crippen molar-refractivity contribution in [2.45, 2.75) is 37.8 Å². The van der Waals surface area contributed by atoms with Gasteiger partial charge in [-0.1, -0.05) is 0 Å². The molecule has 1 aromatic carbocycles. The minimum atomic E-state index is -4.56. The molecule has 0 spiro atoms. The first kappa shape index (κ1) is 25.5. The molecule has 0 aliphatic carbocycles. The van der Waals surface area contributed by atoms with Crippen LogP contribution in [0.5, 0.6) is 0 Å². The lowest BCUT2D eigenvalue weighted by Gasteiger charge is -2.34. The van der Waals surface area contributed by atoms with Crippen molar-refractivity contribution in [1.82, 2.24) is 14.2 Å². The molecule has 1 aliphatic rings. The zero-order chi connectivity index (χ0) is 25.3. The molecule has 1 aromatic heterocycles. The number of carbonyl (C=O) groups excluding carboxylic acids is 1. The summed E-state index contributed by atoms with van der Waals surface area (Å²) in [5, 5.41) is 9.17. The average molecular weight is 497 g/mol. The lowest BCUT2D eigenvalue weighted by molar-refractivity contribution is -0.137. The van der Waals surface area contributed by atoms with E-state index in [1.165, 1.54) is 4.90 Å². The number of hydrogen-bond acceptors (Lipinski definition) is 5. The van der Waals surface area contributed by atoms with Crippen LogP contribution in [0.15, 0.2) is 34.0 Å². The molecule has 2 heterocycles. The molecule has 182 valence electrons. The molecule has 12 heteroatoms. The molecule has 0 bridgehead atoms. The van der Waals surface area contributed by atoms with Gasteiger partial charge in [0.25, 0.3) is 5.56 Å². The number of aromatic amines is 1. The minimum absolute atomic E-state index is 0.00939. The first-order valence-electron chi connectivity index (χ1n) is 10.4. The molecular formula is C22H23F3N4O4S. The van der Waals surface area contributed by atoms with Crippen molar-refractivity contribution in [3.05, 3.63) is 62.6 Å². The Bertz CT molecular complexity index is 1290. The highest BCUT2D eigenvalue weighted by Gasteiger charge is 2.33. The zero-order valence-corrected chi connectivity index (χ0v) is 19.4. The van der Waals surface area contributed by atoms with Crippen LogP contribution in [0.25, 0.3) is 0 Å². The normalized spacial score (nSPS) is 15.2. The number of nitrogens with zero attached hydrogens (tertiary/aromatic N) is 3. The monoisotopic (exact) mass is 496 g/mol. The maximum atomic E-state index is 12.8. The van der Waals surface area contributed by atoms with E-state index in [9.17, 15) is 31.2 Å². The van der Waals surface area contributed by atoms with Crippen LogP contribution in [-0.4, -0.2) is 54.7 Å². The maximum absolute atomic E-state index is 12.8. The quantitative estimate of drug-likeness (QED) is 0.683. The molecule has 34 heavy (non-hydrogen) atoms. The number of nitrogens with one attached hydrogen (secondary N) is 1.